The van der Waals surface area contributed by atoms with Gasteiger partial charge in [0.1, 0.15) is 0 Å². The highest BCUT2D eigenvalue weighted by molar-refractivity contribution is 7.76. The van der Waals surface area contributed by atoms with Gasteiger partial charge in [-0.15, -0.1) is 5.76 Å². The molecule has 1 atom stereocenters. The van der Waals surface area contributed by atoms with Gasteiger partial charge in [0, 0.05) is 13.7 Å². The average molecular weight is 355 g/mol. The van der Waals surface area contributed by atoms with Crippen molar-refractivity contribution in [2.75, 3.05) is 18.5 Å². The molecule has 3 heteroatoms. The zero-order valence-corrected chi connectivity index (χ0v) is 17.6. The molecule has 0 aliphatic rings. The van der Waals surface area contributed by atoms with Gasteiger partial charge in [-0.25, -0.2) is 0 Å². The zero-order chi connectivity index (χ0) is 18.6. The number of rotatable bonds is 14. The topological polar surface area (TPSA) is 40.1 Å². The summed E-state index contributed by atoms with van der Waals surface area (Å²) in [7, 11) is -1.23. The Morgan fingerprint density at radius 3 is 1.67 bits per heavy atom. The van der Waals surface area contributed by atoms with Crippen molar-refractivity contribution >= 4 is 13.0 Å². The van der Waals surface area contributed by atoms with E-state index in [1.165, 1.54) is 70.9 Å². The third-order valence-corrected chi connectivity index (χ3v) is 10.5. The third kappa shape index (κ3) is 7.51. The molecule has 0 N–H and O–H groups in total. The molecule has 24 heavy (non-hydrogen) atoms. The molecule has 0 saturated heterocycles. The van der Waals surface area contributed by atoms with Gasteiger partial charge in [-0.2, -0.15) is 0 Å². The van der Waals surface area contributed by atoms with Gasteiger partial charge in [0.25, 0.3) is 0 Å². The smallest absolute Gasteiger partial charge is 0.155 e. The first-order valence-corrected chi connectivity index (χ1v) is 12.2. The van der Waals surface area contributed by atoms with Crippen molar-refractivity contribution in [3.05, 3.63) is 24.0 Å². The highest BCUT2D eigenvalue weighted by atomic mass is 31.2. The molecule has 0 aromatic rings. The fourth-order valence-corrected chi connectivity index (χ4v) is 9.02. The predicted octanol–water partition coefficient (Wildman–Crippen LogP) is 5.57. The van der Waals surface area contributed by atoms with Gasteiger partial charge < -0.3 is 5.11 Å². The molecule has 0 amide bonds. The fraction of sp³-hybridized carbons (Fsp3) is 0.762. The third-order valence-electron chi connectivity index (χ3n) is 5.11. The van der Waals surface area contributed by atoms with Crippen molar-refractivity contribution in [1.29, 1.82) is 0 Å². The van der Waals surface area contributed by atoms with Gasteiger partial charge >= 0.3 is 0 Å². The molecule has 0 aromatic carbocycles. The maximum Gasteiger partial charge on any atom is 0.155 e. The Hall–Kier alpha value is -0.620. The quantitative estimate of drug-likeness (QED) is 0.177. The number of carbonyl (C=O) groups is 1. The van der Waals surface area contributed by atoms with Crippen LogP contribution in [0.1, 0.15) is 79.6 Å². The van der Waals surface area contributed by atoms with Crippen LogP contribution >= 0.6 is 7.26 Å². The Labute approximate surface area is 151 Å². The standard InChI is InChI=1S/C21H39O2P/c1-7-11-14-24(15-12-8-2,16-13-9-3)20(10-4)17-21(18(5)22)19(6)23/h10,20H,4,7-9,11-17H2,1-3,5-6H3. The first kappa shape index (κ1) is 23.4. The molecule has 0 rings (SSSR count). The molecule has 0 aliphatic heterocycles. The van der Waals surface area contributed by atoms with Crippen LogP contribution in [-0.4, -0.2) is 29.9 Å². The lowest BCUT2D eigenvalue weighted by Gasteiger charge is -2.35. The molecule has 2 nitrogen and oxygen atoms in total. The molecule has 0 saturated carbocycles. The summed E-state index contributed by atoms with van der Waals surface area (Å²) in [6.07, 6.45) is 13.9. The summed E-state index contributed by atoms with van der Waals surface area (Å²) in [5.41, 5.74) is 0.818. The van der Waals surface area contributed by atoms with Crippen LogP contribution in [0.25, 0.3) is 0 Å². The largest absolute Gasteiger partial charge is 0.875 e. The molecule has 0 heterocycles. The Bertz CT molecular complexity index is 386. The zero-order valence-electron chi connectivity index (χ0n) is 16.7. The van der Waals surface area contributed by atoms with Gasteiger partial charge in [-0.1, -0.05) is 59.6 Å². The van der Waals surface area contributed by atoms with Crippen molar-refractivity contribution in [2.45, 2.75) is 85.2 Å². The van der Waals surface area contributed by atoms with Crippen molar-refractivity contribution in [3.8, 4) is 0 Å². The Morgan fingerprint density at radius 2 is 1.42 bits per heavy atom. The van der Waals surface area contributed by atoms with Gasteiger partial charge in [-0.3, -0.25) is 4.79 Å². The van der Waals surface area contributed by atoms with E-state index in [9.17, 15) is 9.90 Å². The number of hydrogen-bond donors (Lipinski definition) is 0. The van der Waals surface area contributed by atoms with Crippen LogP contribution in [0.3, 0.4) is 0 Å². The first-order chi connectivity index (χ1) is 11.4. The Kier molecular flexibility index (Phi) is 12.4. The lowest BCUT2D eigenvalue weighted by atomic mass is 10.1. The summed E-state index contributed by atoms with van der Waals surface area (Å²) in [6.45, 7) is 13.9. The highest BCUT2D eigenvalue weighted by Gasteiger charge is 2.42. The van der Waals surface area contributed by atoms with Crippen molar-refractivity contribution in [3.63, 3.8) is 0 Å². The SMILES string of the molecule is C=CC(C/C(C(C)=O)=C(\C)[O-])[P+](CCCC)(CCCC)CCCC. The predicted molar refractivity (Wildman–Crippen MR) is 108 cm³/mol. The van der Waals surface area contributed by atoms with Crippen LogP contribution in [0.15, 0.2) is 24.0 Å². The molecule has 140 valence electrons. The minimum Gasteiger partial charge on any atom is -0.875 e. The minimum absolute atomic E-state index is 0.0612. The number of Topliss-reactive ketones (excluding diaryl/α,β-unsaturated/α-hetero) is 1. The van der Waals surface area contributed by atoms with Gasteiger partial charge in [0.05, 0.1) is 24.1 Å². The lowest BCUT2D eigenvalue weighted by Crippen LogP contribution is -2.24. The van der Waals surface area contributed by atoms with Crippen LogP contribution < -0.4 is 5.11 Å². The van der Waals surface area contributed by atoms with E-state index in [4.69, 9.17) is 0 Å². The van der Waals surface area contributed by atoms with E-state index in [1.54, 1.807) is 0 Å². The van der Waals surface area contributed by atoms with E-state index in [2.05, 4.69) is 33.4 Å². The maximum atomic E-state index is 11.9. The van der Waals surface area contributed by atoms with E-state index in [0.29, 0.717) is 17.7 Å². The van der Waals surface area contributed by atoms with E-state index in [0.717, 1.165) is 0 Å². The van der Waals surface area contributed by atoms with Crippen LogP contribution in [0.2, 0.25) is 0 Å². The summed E-state index contributed by atoms with van der Waals surface area (Å²) in [5.74, 6) is -0.122. The first-order valence-electron chi connectivity index (χ1n) is 9.74. The molecule has 0 fully saturated rings. The summed E-state index contributed by atoms with van der Waals surface area (Å²) < 4.78 is 0. The van der Waals surface area contributed by atoms with Gasteiger partial charge in [0.15, 0.2) is 5.78 Å². The van der Waals surface area contributed by atoms with E-state index in [-0.39, 0.29) is 11.5 Å². The van der Waals surface area contributed by atoms with Crippen LogP contribution in [0, 0.1) is 0 Å². The molecule has 0 aromatic heterocycles. The van der Waals surface area contributed by atoms with Crippen LogP contribution in [-0.2, 0) is 4.79 Å². The number of hydrogen-bond acceptors (Lipinski definition) is 2. The number of carbonyl (C=O) groups excluding carboxylic acids is 1. The van der Waals surface area contributed by atoms with Crippen molar-refractivity contribution in [1.82, 2.24) is 0 Å². The van der Waals surface area contributed by atoms with Gasteiger partial charge in [-0.05, 0) is 31.8 Å². The average Bonchev–Trinajstić information content (AvgIpc) is 2.55. The maximum absolute atomic E-state index is 11.9. The summed E-state index contributed by atoms with van der Waals surface area (Å²) >= 11 is 0. The highest BCUT2D eigenvalue weighted by Crippen LogP contribution is 2.66. The Balaban J connectivity index is 5.66. The molecule has 1 unspecified atom stereocenters. The minimum atomic E-state index is -1.23. The molecular weight excluding hydrogens is 315 g/mol. The molecular formula is C21H39O2P. The molecule has 0 radical (unpaired) electrons. The summed E-state index contributed by atoms with van der Waals surface area (Å²) in [6, 6.07) is 0. The lowest BCUT2D eigenvalue weighted by molar-refractivity contribution is -0.303. The van der Waals surface area contributed by atoms with Crippen molar-refractivity contribution in [2.24, 2.45) is 0 Å². The number of unbranched alkanes of at least 4 members (excludes halogenated alkanes) is 3. The fourth-order valence-electron chi connectivity index (χ4n) is 3.50. The monoisotopic (exact) mass is 354 g/mol. The molecule has 0 aliphatic carbocycles. The summed E-state index contributed by atoms with van der Waals surface area (Å²) in [5, 5.41) is 11.9. The second-order valence-electron chi connectivity index (χ2n) is 7.05. The van der Waals surface area contributed by atoms with Gasteiger partial charge in [0.2, 0.25) is 0 Å². The molecule has 0 bridgehead atoms. The second-order valence-corrected chi connectivity index (χ2v) is 11.5. The van der Waals surface area contributed by atoms with E-state index < -0.39 is 7.26 Å². The van der Waals surface area contributed by atoms with E-state index in [1.807, 2.05) is 0 Å². The van der Waals surface area contributed by atoms with Crippen molar-refractivity contribution < 1.29 is 9.90 Å². The van der Waals surface area contributed by atoms with Crippen LogP contribution in [0.4, 0.5) is 0 Å². The van der Waals surface area contributed by atoms with Crippen LogP contribution in [0.5, 0.6) is 0 Å². The Morgan fingerprint density at radius 1 is 1.00 bits per heavy atom. The number of ketones is 1. The molecule has 0 spiro atoms. The van der Waals surface area contributed by atoms with E-state index >= 15 is 0 Å². The summed E-state index contributed by atoms with van der Waals surface area (Å²) in [4.78, 5) is 11.9. The second kappa shape index (κ2) is 12.7. The number of allylic oxidation sites excluding steroid dienone is 3. The normalized spacial score (nSPS) is 14.2.